The number of methoxy groups -OCH3 is 1. The molecule has 4 nitrogen and oxygen atoms in total. The van der Waals surface area contributed by atoms with Crippen molar-refractivity contribution in [2.75, 3.05) is 7.11 Å². The molecule has 0 radical (unpaired) electrons. The first kappa shape index (κ1) is 11.7. The summed E-state index contributed by atoms with van der Waals surface area (Å²) in [6.07, 6.45) is 3.22. The molecule has 1 unspecified atom stereocenters. The topological polar surface area (TPSA) is 61.0 Å². The van der Waals surface area contributed by atoms with Gasteiger partial charge in [-0.25, -0.2) is 9.97 Å². The lowest BCUT2D eigenvalue weighted by Crippen LogP contribution is -2.12. The lowest BCUT2D eigenvalue weighted by molar-refractivity contribution is 0.395. The zero-order valence-electron chi connectivity index (χ0n) is 9.23. The second-order valence-electron chi connectivity index (χ2n) is 3.59. The summed E-state index contributed by atoms with van der Waals surface area (Å²) in [6.45, 7) is 5.83. The predicted octanol–water partition coefficient (Wildman–Crippen LogP) is 1.84. The van der Waals surface area contributed by atoms with Gasteiger partial charge in [0.2, 0.25) is 5.88 Å². The summed E-state index contributed by atoms with van der Waals surface area (Å²) < 4.78 is 5.01. The monoisotopic (exact) mass is 207 g/mol. The van der Waals surface area contributed by atoms with E-state index in [0.717, 1.165) is 24.1 Å². The van der Waals surface area contributed by atoms with Crippen molar-refractivity contribution >= 4 is 0 Å². The van der Waals surface area contributed by atoms with E-state index in [1.54, 1.807) is 13.2 Å². The van der Waals surface area contributed by atoms with E-state index in [0.29, 0.717) is 5.88 Å². The minimum absolute atomic E-state index is 0.0846. The highest BCUT2D eigenvalue weighted by atomic mass is 16.5. The van der Waals surface area contributed by atoms with E-state index in [4.69, 9.17) is 10.5 Å². The molecule has 0 spiro atoms. The average Bonchev–Trinajstić information content (AvgIpc) is 2.26. The Labute approximate surface area is 90.2 Å². The largest absolute Gasteiger partial charge is 0.481 e. The zero-order valence-corrected chi connectivity index (χ0v) is 9.23. The molecule has 0 aliphatic heterocycles. The first-order valence-corrected chi connectivity index (χ1v) is 4.89. The zero-order chi connectivity index (χ0) is 11.3. The molecule has 0 amide bonds. The predicted molar refractivity (Wildman–Crippen MR) is 59.6 cm³/mol. The lowest BCUT2D eigenvalue weighted by Gasteiger charge is -2.11. The van der Waals surface area contributed by atoms with E-state index in [1.807, 2.05) is 6.92 Å². The van der Waals surface area contributed by atoms with Gasteiger partial charge in [-0.2, -0.15) is 0 Å². The van der Waals surface area contributed by atoms with Crippen LogP contribution >= 0.6 is 0 Å². The smallest absolute Gasteiger partial charge is 0.216 e. The first-order valence-electron chi connectivity index (χ1n) is 4.89. The van der Waals surface area contributed by atoms with Crippen LogP contribution in [0, 0.1) is 0 Å². The maximum atomic E-state index is 5.98. The summed E-state index contributed by atoms with van der Waals surface area (Å²) in [5, 5.41) is 0. The van der Waals surface area contributed by atoms with Gasteiger partial charge in [0.15, 0.2) is 0 Å². The maximum Gasteiger partial charge on any atom is 0.216 e. The normalized spacial score (nSPS) is 12.2. The molecule has 0 aliphatic rings. The van der Waals surface area contributed by atoms with Crippen LogP contribution in [0.1, 0.15) is 31.5 Å². The number of hydrogen-bond donors (Lipinski definition) is 1. The van der Waals surface area contributed by atoms with Gasteiger partial charge in [-0.05, 0) is 19.8 Å². The molecule has 0 aliphatic carbocycles. The fourth-order valence-electron chi connectivity index (χ4n) is 1.22. The quantitative estimate of drug-likeness (QED) is 0.748. The number of nitrogens with two attached hydrogens (primary N) is 1. The standard InChI is InChI=1S/C11H17N3O/c1-8(2)4-5-9(12)10-6-11(15-3)14-7-13-10/h6-7,9H,1,4-5,12H2,2-3H3. The van der Waals surface area contributed by atoms with Gasteiger partial charge in [0, 0.05) is 12.1 Å². The van der Waals surface area contributed by atoms with Crippen LogP contribution in [0.3, 0.4) is 0 Å². The minimum Gasteiger partial charge on any atom is -0.481 e. The second kappa shape index (κ2) is 5.46. The Bertz CT molecular complexity index is 338. The van der Waals surface area contributed by atoms with Crippen molar-refractivity contribution in [3.63, 3.8) is 0 Å². The highest BCUT2D eigenvalue weighted by Gasteiger charge is 2.08. The Morgan fingerprint density at radius 1 is 1.60 bits per heavy atom. The Hall–Kier alpha value is -1.42. The molecule has 0 aromatic carbocycles. The molecule has 1 aromatic rings. The van der Waals surface area contributed by atoms with Crippen molar-refractivity contribution in [1.29, 1.82) is 0 Å². The van der Waals surface area contributed by atoms with E-state index >= 15 is 0 Å². The van der Waals surface area contributed by atoms with Crippen molar-refractivity contribution in [3.8, 4) is 5.88 Å². The summed E-state index contributed by atoms with van der Waals surface area (Å²) >= 11 is 0. The van der Waals surface area contributed by atoms with Gasteiger partial charge in [0.05, 0.1) is 12.8 Å². The molecule has 4 heteroatoms. The van der Waals surface area contributed by atoms with Crippen molar-refractivity contribution < 1.29 is 4.74 Å². The van der Waals surface area contributed by atoms with Gasteiger partial charge >= 0.3 is 0 Å². The Morgan fingerprint density at radius 2 is 2.33 bits per heavy atom. The van der Waals surface area contributed by atoms with E-state index in [1.165, 1.54) is 6.33 Å². The molecular formula is C11H17N3O. The van der Waals surface area contributed by atoms with Gasteiger partial charge < -0.3 is 10.5 Å². The minimum atomic E-state index is -0.0846. The number of nitrogens with zero attached hydrogens (tertiary/aromatic N) is 2. The lowest BCUT2D eigenvalue weighted by atomic mass is 10.1. The Balaban J connectivity index is 2.64. The van der Waals surface area contributed by atoms with Crippen LogP contribution in [0.4, 0.5) is 0 Å². The molecule has 1 aromatic heterocycles. The number of hydrogen-bond acceptors (Lipinski definition) is 4. The van der Waals surface area contributed by atoms with Crippen molar-refractivity contribution in [3.05, 3.63) is 30.2 Å². The van der Waals surface area contributed by atoms with E-state index in [2.05, 4.69) is 16.5 Å². The van der Waals surface area contributed by atoms with Crippen molar-refractivity contribution in [2.45, 2.75) is 25.8 Å². The number of rotatable bonds is 5. The summed E-state index contributed by atoms with van der Waals surface area (Å²) in [4.78, 5) is 8.05. The molecule has 0 bridgehead atoms. The summed E-state index contributed by atoms with van der Waals surface area (Å²) in [5.74, 6) is 0.547. The van der Waals surface area contributed by atoms with Crippen LogP contribution in [0.15, 0.2) is 24.5 Å². The fraction of sp³-hybridized carbons (Fsp3) is 0.455. The molecule has 1 rings (SSSR count). The fourth-order valence-corrected chi connectivity index (χ4v) is 1.22. The van der Waals surface area contributed by atoms with Gasteiger partial charge in [-0.1, -0.05) is 5.57 Å². The molecule has 82 valence electrons. The SMILES string of the molecule is C=C(C)CCC(N)c1cc(OC)ncn1. The molecule has 0 saturated carbocycles. The molecular weight excluding hydrogens is 190 g/mol. The summed E-state index contributed by atoms with van der Waals surface area (Å²) in [5.41, 5.74) is 7.92. The number of ether oxygens (including phenoxy) is 1. The van der Waals surface area contributed by atoms with Gasteiger partial charge in [-0.3, -0.25) is 0 Å². The van der Waals surface area contributed by atoms with Crippen LogP contribution in [0.5, 0.6) is 5.88 Å². The van der Waals surface area contributed by atoms with E-state index in [-0.39, 0.29) is 6.04 Å². The van der Waals surface area contributed by atoms with Crippen LogP contribution in [-0.4, -0.2) is 17.1 Å². The van der Waals surface area contributed by atoms with Crippen LogP contribution in [-0.2, 0) is 0 Å². The van der Waals surface area contributed by atoms with Crippen LogP contribution in [0.2, 0.25) is 0 Å². The highest BCUT2D eigenvalue weighted by Crippen LogP contribution is 2.18. The number of allylic oxidation sites excluding steroid dienone is 1. The second-order valence-corrected chi connectivity index (χ2v) is 3.59. The van der Waals surface area contributed by atoms with Gasteiger partial charge in [-0.15, -0.1) is 6.58 Å². The highest BCUT2D eigenvalue weighted by molar-refractivity contribution is 5.16. The summed E-state index contributed by atoms with van der Waals surface area (Å²) in [7, 11) is 1.57. The summed E-state index contributed by atoms with van der Waals surface area (Å²) in [6, 6.07) is 1.68. The van der Waals surface area contributed by atoms with Gasteiger partial charge in [0.1, 0.15) is 6.33 Å². The van der Waals surface area contributed by atoms with Crippen LogP contribution < -0.4 is 10.5 Å². The molecule has 1 heterocycles. The Morgan fingerprint density at radius 3 is 2.93 bits per heavy atom. The van der Waals surface area contributed by atoms with Gasteiger partial charge in [0.25, 0.3) is 0 Å². The third-order valence-corrected chi connectivity index (χ3v) is 2.13. The third-order valence-electron chi connectivity index (χ3n) is 2.13. The molecule has 15 heavy (non-hydrogen) atoms. The van der Waals surface area contributed by atoms with Crippen molar-refractivity contribution in [1.82, 2.24) is 9.97 Å². The van der Waals surface area contributed by atoms with E-state index < -0.39 is 0 Å². The molecule has 0 fully saturated rings. The van der Waals surface area contributed by atoms with E-state index in [9.17, 15) is 0 Å². The average molecular weight is 207 g/mol. The van der Waals surface area contributed by atoms with Crippen molar-refractivity contribution in [2.24, 2.45) is 5.73 Å². The molecule has 2 N–H and O–H groups in total. The Kier molecular flexibility index (Phi) is 4.24. The van der Waals surface area contributed by atoms with Crippen LogP contribution in [0.25, 0.3) is 0 Å². The maximum absolute atomic E-state index is 5.98. The third kappa shape index (κ3) is 3.67. The number of aromatic nitrogens is 2. The first-order chi connectivity index (χ1) is 7.13. The molecule has 0 saturated heterocycles. The molecule has 1 atom stereocenters.